The zero-order chi connectivity index (χ0) is 11.5. The topological polar surface area (TPSA) is 70.1 Å². The van der Waals surface area contributed by atoms with Gasteiger partial charge in [0, 0.05) is 18.3 Å². The molecule has 0 aliphatic rings. The Morgan fingerprint density at radius 2 is 2.40 bits per heavy atom. The zero-order valence-electron chi connectivity index (χ0n) is 9.36. The Morgan fingerprint density at radius 1 is 1.73 bits per heavy atom. The average Bonchev–Trinajstić information content (AvgIpc) is 2.65. The summed E-state index contributed by atoms with van der Waals surface area (Å²) in [5, 5.41) is 4.12. The number of nitrogens with two attached hydrogens (primary N) is 1. The van der Waals surface area contributed by atoms with E-state index in [9.17, 15) is 4.79 Å². The Labute approximate surface area is 89.2 Å². The molecule has 0 aromatic carbocycles. The van der Waals surface area contributed by atoms with E-state index < -0.39 is 5.54 Å². The molecular formula is C10H17N3O2. The molecule has 0 bridgehead atoms. The SMILES string of the molecule is CCn1cc([C@@](C)(N)CC(=O)OC)cn1. The third-order valence-corrected chi connectivity index (χ3v) is 2.36. The van der Waals surface area contributed by atoms with Gasteiger partial charge in [0.05, 0.1) is 25.3 Å². The van der Waals surface area contributed by atoms with Crippen LogP contribution in [-0.4, -0.2) is 22.9 Å². The molecule has 0 aliphatic carbocycles. The minimum atomic E-state index is -0.722. The van der Waals surface area contributed by atoms with Crippen molar-refractivity contribution < 1.29 is 9.53 Å². The molecule has 84 valence electrons. The molecule has 1 aromatic heterocycles. The number of rotatable bonds is 4. The van der Waals surface area contributed by atoms with Gasteiger partial charge in [-0.25, -0.2) is 0 Å². The Morgan fingerprint density at radius 3 is 2.87 bits per heavy atom. The van der Waals surface area contributed by atoms with Crippen LogP contribution in [0.3, 0.4) is 0 Å². The first-order valence-electron chi connectivity index (χ1n) is 4.88. The molecule has 15 heavy (non-hydrogen) atoms. The van der Waals surface area contributed by atoms with Crippen LogP contribution in [0.4, 0.5) is 0 Å². The van der Waals surface area contributed by atoms with Gasteiger partial charge in [0.15, 0.2) is 0 Å². The maximum atomic E-state index is 11.1. The minimum Gasteiger partial charge on any atom is -0.469 e. The number of hydrogen-bond donors (Lipinski definition) is 1. The van der Waals surface area contributed by atoms with Crippen LogP contribution in [-0.2, 0) is 21.6 Å². The molecule has 1 atom stereocenters. The second-order valence-corrected chi connectivity index (χ2v) is 3.76. The lowest BCUT2D eigenvalue weighted by molar-refractivity contribution is -0.141. The van der Waals surface area contributed by atoms with Crippen LogP contribution >= 0.6 is 0 Å². The number of aromatic nitrogens is 2. The maximum Gasteiger partial charge on any atom is 0.307 e. The van der Waals surface area contributed by atoms with Crippen molar-refractivity contribution in [1.82, 2.24) is 9.78 Å². The molecule has 1 aromatic rings. The molecule has 0 spiro atoms. The molecule has 0 fully saturated rings. The summed E-state index contributed by atoms with van der Waals surface area (Å²) in [4.78, 5) is 11.1. The molecule has 0 saturated heterocycles. The Kier molecular flexibility index (Phi) is 3.47. The van der Waals surface area contributed by atoms with Crippen molar-refractivity contribution in [3.05, 3.63) is 18.0 Å². The lowest BCUT2D eigenvalue weighted by Crippen LogP contribution is -2.35. The van der Waals surface area contributed by atoms with Crippen LogP contribution in [0.15, 0.2) is 12.4 Å². The van der Waals surface area contributed by atoms with Gasteiger partial charge in [-0.05, 0) is 13.8 Å². The number of carbonyl (C=O) groups excluding carboxylic acids is 1. The number of carbonyl (C=O) groups is 1. The summed E-state index contributed by atoms with van der Waals surface area (Å²) in [6.07, 6.45) is 3.69. The highest BCUT2D eigenvalue weighted by atomic mass is 16.5. The molecule has 5 nitrogen and oxygen atoms in total. The van der Waals surface area contributed by atoms with Crippen LogP contribution in [0.2, 0.25) is 0 Å². The normalized spacial score (nSPS) is 14.7. The summed E-state index contributed by atoms with van der Waals surface area (Å²) in [6.45, 7) is 4.57. The number of nitrogens with zero attached hydrogens (tertiary/aromatic N) is 2. The lowest BCUT2D eigenvalue weighted by atomic mass is 9.92. The molecule has 5 heteroatoms. The first-order valence-corrected chi connectivity index (χ1v) is 4.88. The quantitative estimate of drug-likeness (QED) is 0.742. The van der Waals surface area contributed by atoms with Gasteiger partial charge in [0.1, 0.15) is 0 Å². The standard InChI is InChI=1S/C10H17N3O2/c1-4-13-7-8(6-12-13)10(2,11)5-9(14)15-3/h6-7H,4-5,11H2,1-3H3/t10-/m0/s1. The fourth-order valence-corrected chi connectivity index (χ4v) is 1.31. The van der Waals surface area contributed by atoms with Gasteiger partial charge in [0.25, 0.3) is 0 Å². The number of esters is 1. The van der Waals surface area contributed by atoms with Crippen LogP contribution in [0.1, 0.15) is 25.8 Å². The molecule has 0 amide bonds. The highest BCUT2D eigenvalue weighted by Crippen LogP contribution is 2.21. The molecule has 1 rings (SSSR count). The van der Waals surface area contributed by atoms with E-state index in [1.54, 1.807) is 17.8 Å². The van der Waals surface area contributed by atoms with Gasteiger partial charge < -0.3 is 10.5 Å². The van der Waals surface area contributed by atoms with E-state index in [2.05, 4.69) is 9.84 Å². The third kappa shape index (κ3) is 2.79. The van der Waals surface area contributed by atoms with Gasteiger partial charge >= 0.3 is 5.97 Å². The Hall–Kier alpha value is -1.36. The smallest absolute Gasteiger partial charge is 0.307 e. The van der Waals surface area contributed by atoms with Crippen LogP contribution in [0.5, 0.6) is 0 Å². The predicted octanol–water partition coefficient (Wildman–Crippen LogP) is 0.640. The second kappa shape index (κ2) is 4.44. The fraction of sp³-hybridized carbons (Fsp3) is 0.600. The summed E-state index contributed by atoms with van der Waals surface area (Å²) >= 11 is 0. The predicted molar refractivity (Wildman–Crippen MR) is 56.1 cm³/mol. The summed E-state index contributed by atoms with van der Waals surface area (Å²) in [5.74, 6) is -0.316. The van der Waals surface area contributed by atoms with Crippen LogP contribution in [0.25, 0.3) is 0 Å². The molecule has 0 radical (unpaired) electrons. The molecule has 1 heterocycles. The number of methoxy groups -OCH3 is 1. The summed E-state index contributed by atoms with van der Waals surface area (Å²) in [7, 11) is 1.36. The highest BCUT2D eigenvalue weighted by molar-refractivity contribution is 5.71. The van der Waals surface area contributed by atoms with E-state index >= 15 is 0 Å². The number of aryl methyl sites for hydroxylation is 1. The number of hydrogen-bond acceptors (Lipinski definition) is 4. The summed E-state index contributed by atoms with van der Waals surface area (Å²) in [5.41, 5.74) is 6.15. The van der Waals surface area contributed by atoms with Gasteiger partial charge in [0.2, 0.25) is 0 Å². The van der Waals surface area contributed by atoms with Crippen molar-refractivity contribution in [3.8, 4) is 0 Å². The number of ether oxygens (including phenoxy) is 1. The van der Waals surface area contributed by atoms with Gasteiger partial charge in [-0.15, -0.1) is 0 Å². The highest BCUT2D eigenvalue weighted by Gasteiger charge is 2.26. The van der Waals surface area contributed by atoms with E-state index in [0.29, 0.717) is 0 Å². The summed E-state index contributed by atoms with van der Waals surface area (Å²) < 4.78 is 6.37. The zero-order valence-corrected chi connectivity index (χ0v) is 9.36. The van der Waals surface area contributed by atoms with Gasteiger partial charge in [-0.2, -0.15) is 5.10 Å². The van der Waals surface area contributed by atoms with E-state index in [1.807, 2.05) is 13.1 Å². The Balaban J connectivity index is 2.80. The fourth-order valence-electron chi connectivity index (χ4n) is 1.31. The Bertz CT molecular complexity index is 344. The maximum absolute atomic E-state index is 11.1. The van der Waals surface area contributed by atoms with E-state index in [0.717, 1.165) is 12.1 Å². The second-order valence-electron chi connectivity index (χ2n) is 3.76. The third-order valence-electron chi connectivity index (χ3n) is 2.36. The molecular weight excluding hydrogens is 194 g/mol. The van der Waals surface area contributed by atoms with E-state index in [1.165, 1.54) is 7.11 Å². The van der Waals surface area contributed by atoms with Crippen molar-refractivity contribution in [2.45, 2.75) is 32.4 Å². The molecule has 0 aliphatic heterocycles. The van der Waals surface area contributed by atoms with Crippen molar-refractivity contribution >= 4 is 5.97 Å². The van der Waals surface area contributed by atoms with Gasteiger partial charge in [-0.3, -0.25) is 9.48 Å². The van der Waals surface area contributed by atoms with Crippen LogP contribution < -0.4 is 5.73 Å². The van der Waals surface area contributed by atoms with E-state index in [-0.39, 0.29) is 12.4 Å². The van der Waals surface area contributed by atoms with Crippen molar-refractivity contribution in [2.24, 2.45) is 5.73 Å². The minimum absolute atomic E-state index is 0.152. The van der Waals surface area contributed by atoms with Crippen molar-refractivity contribution in [1.29, 1.82) is 0 Å². The lowest BCUT2D eigenvalue weighted by Gasteiger charge is -2.21. The largest absolute Gasteiger partial charge is 0.469 e. The monoisotopic (exact) mass is 211 g/mol. The summed E-state index contributed by atoms with van der Waals surface area (Å²) in [6, 6.07) is 0. The van der Waals surface area contributed by atoms with Gasteiger partial charge in [-0.1, -0.05) is 0 Å². The first-order chi connectivity index (χ1) is 6.99. The molecule has 2 N–H and O–H groups in total. The van der Waals surface area contributed by atoms with Crippen molar-refractivity contribution in [3.63, 3.8) is 0 Å². The van der Waals surface area contributed by atoms with Crippen LogP contribution in [0, 0.1) is 0 Å². The molecule has 0 unspecified atom stereocenters. The average molecular weight is 211 g/mol. The van der Waals surface area contributed by atoms with Crippen molar-refractivity contribution in [2.75, 3.05) is 7.11 Å². The first kappa shape index (κ1) is 11.7. The van der Waals surface area contributed by atoms with E-state index in [4.69, 9.17) is 5.73 Å². The molecule has 0 saturated carbocycles.